The van der Waals surface area contributed by atoms with Crippen LogP contribution in [0.15, 0.2) is 28.7 Å². The van der Waals surface area contributed by atoms with Gasteiger partial charge in [0.2, 0.25) is 0 Å². The molecule has 4 rings (SSSR count). The molecule has 2 fully saturated rings. The van der Waals surface area contributed by atoms with E-state index >= 15 is 0 Å². The second-order valence-electron chi connectivity index (χ2n) is 7.93. The molecule has 2 saturated carbocycles. The molecule has 1 heterocycles. The van der Waals surface area contributed by atoms with Crippen molar-refractivity contribution in [3.8, 4) is 11.8 Å². The van der Waals surface area contributed by atoms with Gasteiger partial charge in [0.25, 0.3) is 5.91 Å². The standard InChI is InChI=1S/C20H23NO3/c1-19(2,23)8-7-15-4-6-17(24-15)18(22)21-12-13-11-14-3-5-16(13)20(14)9-10-20/h3-6,13-14,16,23H,9-12H2,1-2H3,(H,21,22)/t13-,14-,16-/m1/s1. The molecule has 4 heteroatoms. The third kappa shape index (κ3) is 2.67. The molecule has 0 aliphatic heterocycles. The maximum atomic E-state index is 12.3. The van der Waals surface area contributed by atoms with Crippen molar-refractivity contribution in [2.45, 2.75) is 38.7 Å². The van der Waals surface area contributed by atoms with Crippen LogP contribution in [0.25, 0.3) is 0 Å². The number of amides is 1. The molecular weight excluding hydrogens is 302 g/mol. The number of aliphatic hydroxyl groups is 1. The first-order valence-corrected chi connectivity index (χ1v) is 8.69. The van der Waals surface area contributed by atoms with Crippen LogP contribution < -0.4 is 5.32 Å². The number of carbonyl (C=O) groups excluding carboxylic acids is 1. The van der Waals surface area contributed by atoms with Crippen LogP contribution in [-0.2, 0) is 0 Å². The number of furan rings is 1. The number of nitrogens with one attached hydrogen (secondary N) is 1. The lowest BCUT2D eigenvalue weighted by atomic mass is 9.89. The predicted molar refractivity (Wildman–Crippen MR) is 90.1 cm³/mol. The Hall–Kier alpha value is -1.99. The predicted octanol–water partition coefficient (Wildman–Crippen LogP) is 2.73. The summed E-state index contributed by atoms with van der Waals surface area (Å²) < 4.78 is 5.46. The topological polar surface area (TPSA) is 62.5 Å². The highest BCUT2D eigenvalue weighted by Crippen LogP contribution is 2.69. The maximum absolute atomic E-state index is 12.3. The SMILES string of the molecule is CC(C)(O)C#Cc1ccc(C(=O)NC[C@H]2C[C@H]3C=C[C@H]2C32CC2)o1. The average Bonchev–Trinajstić information content (AvgIpc) is 2.94. The summed E-state index contributed by atoms with van der Waals surface area (Å²) >= 11 is 0. The molecule has 3 atom stereocenters. The highest BCUT2D eigenvalue weighted by molar-refractivity contribution is 5.91. The van der Waals surface area contributed by atoms with E-state index in [9.17, 15) is 9.90 Å². The smallest absolute Gasteiger partial charge is 0.287 e. The second-order valence-corrected chi connectivity index (χ2v) is 7.93. The monoisotopic (exact) mass is 325 g/mol. The largest absolute Gasteiger partial charge is 0.443 e. The van der Waals surface area contributed by atoms with Crippen molar-refractivity contribution < 1.29 is 14.3 Å². The molecular formula is C20H23NO3. The Morgan fingerprint density at radius 2 is 2.21 bits per heavy atom. The molecule has 0 aromatic carbocycles. The normalized spacial score (nSPS) is 28.7. The fourth-order valence-electron chi connectivity index (χ4n) is 4.41. The van der Waals surface area contributed by atoms with Crippen molar-refractivity contribution in [1.82, 2.24) is 5.32 Å². The molecule has 1 aromatic heterocycles. The highest BCUT2D eigenvalue weighted by atomic mass is 16.3. The van der Waals surface area contributed by atoms with Crippen molar-refractivity contribution in [3.63, 3.8) is 0 Å². The minimum atomic E-state index is -1.08. The number of hydrogen-bond donors (Lipinski definition) is 2. The van der Waals surface area contributed by atoms with E-state index in [2.05, 4.69) is 29.3 Å². The van der Waals surface area contributed by atoms with Crippen LogP contribution in [0.2, 0.25) is 0 Å². The minimum Gasteiger partial charge on any atom is -0.443 e. The fraction of sp³-hybridized carbons (Fsp3) is 0.550. The van der Waals surface area contributed by atoms with Gasteiger partial charge in [0.15, 0.2) is 11.5 Å². The molecule has 0 saturated heterocycles. The summed E-state index contributed by atoms with van der Waals surface area (Å²) in [6.07, 6.45) is 8.65. The summed E-state index contributed by atoms with van der Waals surface area (Å²) in [6, 6.07) is 3.29. The molecule has 2 N–H and O–H groups in total. The molecule has 1 spiro atoms. The molecule has 1 amide bonds. The second kappa shape index (κ2) is 5.26. The molecule has 0 unspecified atom stereocenters. The van der Waals surface area contributed by atoms with Crippen molar-refractivity contribution in [3.05, 3.63) is 35.8 Å². The summed E-state index contributed by atoms with van der Waals surface area (Å²) in [5, 5.41) is 12.6. The zero-order valence-electron chi connectivity index (χ0n) is 14.1. The lowest BCUT2D eigenvalue weighted by molar-refractivity contribution is 0.0916. The van der Waals surface area contributed by atoms with Gasteiger partial charge in [-0.2, -0.15) is 0 Å². The Morgan fingerprint density at radius 1 is 1.42 bits per heavy atom. The Morgan fingerprint density at radius 3 is 2.88 bits per heavy atom. The van der Waals surface area contributed by atoms with Gasteiger partial charge in [0.1, 0.15) is 5.60 Å². The molecule has 0 radical (unpaired) electrons. The van der Waals surface area contributed by atoms with Crippen LogP contribution in [0, 0.1) is 35.0 Å². The molecule has 3 aliphatic carbocycles. The summed E-state index contributed by atoms with van der Waals surface area (Å²) in [6.45, 7) is 3.91. The zero-order chi connectivity index (χ0) is 16.9. The van der Waals surface area contributed by atoms with Gasteiger partial charge in [0.05, 0.1) is 0 Å². The average molecular weight is 325 g/mol. The first kappa shape index (κ1) is 15.5. The first-order valence-electron chi connectivity index (χ1n) is 8.69. The van der Waals surface area contributed by atoms with Crippen LogP contribution >= 0.6 is 0 Å². The molecule has 24 heavy (non-hydrogen) atoms. The van der Waals surface area contributed by atoms with Crippen LogP contribution in [0.5, 0.6) is 0 Å². The highest BCUT2D eigenvalue weighted by Gasteiger charge is 2.62. The van der Waals surface area contributed by atoms with E-state index in [0.717, 1.165) is 5.92 Å². The Kier molecular flexibility index (Phi) is 3.40. The van der Waals surface area contributed by atoms with Crippen molar-refractivity contribution in [2.24, 2.45) is 23.2 Å². The third-order valence-corrected chi connectivity index (χ3v) is 5.69. The zero-order valence-corrected chi connectivity index (χ0v) is 14.1. The van der Waals surface area contributed by atoms with Gasteiger partial charge in [-0.05, 0) is 74.3 Å². The van der Waals surface area contributed by atoms with Crippen molar-refractivity contribution in [2.75, 3.05) is 6.54 Å². The Labute approximate surface area is 142 Å². The molecule has 4 nitrogen and oxygen atoms in total. The number of hydrogen-bond acceptors (Lipinski definition) is 3. The van der Waals surface area contributed by atoms with Gasteiger partial charge < -0.3 is 14.8 Å². The van der Waals surface area contributed by atoms with E-state index in [1.807, 2.05) is 0 Å². The van der Waals surface area contributed by atoms with Crippen LogP contribution in [0.3, 0.4) is 0 Å². The lowest BCUT2D eigenvalue weighted by Crippen LogP contribution is -2.31. The van der Waals surface area contributed by atoms with Crippen molar-refractivity contribution in [1.29, 1.82) is 0 Å². The van der Waals surface area contributed by atoms with E-state index in [4.69, 9.17) is 4.42 Å². The Balaban J connectivity index is 1.35. The van der Waals surface area contributed by atoms with Gasteiger partial charge in [-0.25, -0.2) is 0 Å². The summed E-state index contributed by atoms with van der Waals surface area (Å²) in [4.78, 5) is 12.3. The first-order chi connectivity index (χ1) is 11.4. The van der Waals surface area contributed by atoms with E-state index in [0.29, 0.717) is 29.6 Å². The molecule has 1 aromatic rings. The van der Waals surface area contributed by atoms with Gasteiger partial charge in [0, 0.05) is 6.54 Å². The number of allylic oxidation sites excluding steroid dienone is 2. The maximum Gasteiger partial charge on any atom is 0.287 e. The van der Waals surface area contributed by atoms with E-state index in [1.54, 1.807) is 26.0 Å². The Bertz CT molecular complexity index is 752. The molecule has 3 aliphatic rings. The van der Waals surface area contributed by atoms with Crippen LogP contribution in [0.1, 0.15) is 49.4 Å². The van der Waals surface area contributed by atoms with Crippen LogP contribution in [-0.4, -0.2) is 23.2 Å². The molecule has 2 bridgehead atoms. The van der Waals surface area contributed by atoms with Crippen LogP contribution in [0.4, 0.5) is 0 Å². The third-order valence-electron chi connectivity index (χ3n) is 5.69. The van der Waals surface area contributed by atoms with Gasteiger partial charge in [-0.15, -0.1) is 0 Å². The van der Waals surface area contributed by atoms with E-state index < -0.39 is 5.60 Å². The quantitative estimate of drug-likeness (QED) is 0.663. The fourth-order valence-corrected chi connectivity index (χ4v) is 4.41. The van der Waals surface area contributed by atoms with Gasteiger partial charge in [-0.1, -0.05) is 18.1 Å². The van der Waals surface area contributed by atoms with E-state index in [1.165, 1.54) is 19.3 Å². The molecule has 126 valence electrons. The van der Waals surface area contributed by atoms with Gasteiger partial charge in [-0.3, -0.25) is 4.79 Å². The summed E-state index contributed by atoms with van der Waals surface area (Å²) in [5.74, 6) is 7.82. The number of carbonyl (C=O) groups is 1. The van der Waals surface area contributed by atoms with Crippen molar-refractivity contribution >= 4 is 5.91 Å². The number of rotatable bonds is 3. The van der Waals surface area contributed by atoms with Gasteiger partial charge >= 0.3 is 0 Å². The minimum absolute atomic E-state index is 0.192. The summed E-state index contributed by atoms with van der Waals surface area (Å²) in [7, 11) is 0. The van der Waals surface area contributed by atoms with E-state index in [-0.39, 0.29) is 11.7 Å². The lowest BCUT2D eigenvalue weighted by Gasteiger charge is -2.19. The summed E-state index contributed by atoms with van der Waals surface area (Å²) in [5.41, 5.74) is -0.525.